The fourth-order valence-electron chi connectivity index (χ4n) is 5.00. The number of rotatable bonds is 2. The van der Waals surface area contributed by atoms with Crippen molar-refractivity contribution >= 4 is 50.5 Å². The van der Waals surface area contributed by atoms with E-state index in [2.05, 4.69) is 29.9 Å². The van der Waals surface area contributed by atoms with Crippen molar-refractivity contribution in [1.82, 2.24) is 39.0 Å². The van der Waals surface area contributed by atoms with E-state index in [1.165, 1.54) is 34.4 Å². The van der Waals surface area contributed by atoms with Crippen molar-refractivity contribution in [2.75, 3.05) is 24.7 Å². The summed E-state index contributed by atoms with van der Waals surface area (Å²) in [7, 11) is -5.97. The van der Waals surface area contributed by atoms with E-state index in [1.54, 1.807) is 0 Å². The Bertz CT molecular complexity index is 1580. The van der Waals surface area contributed by atoms with Gasteiger partial charge in [-0.2, -0.15) is 0 Å². The van der Waals surface area contributed by atoms with E-state index in [9.17, 15) is 9.13 Å². The molecule has 18 nitrogen and oxygen atoms in total. The number of aromatic nitrogens is 8. The molecular weight excluding hydrogens is 608 g/mol. The largest absolute Gasteiger partial charge is 0.697 e. The van der Waals surface area contributed by atoms with Crippen LogP contribution < -0.4 is 11.5 Å². The van der Waals surface area contributed by atoms with Gasteiger partial charge in [0, 0.05) is 9.13 Å². The van der Waals surface area contributed by atoms with Crippen LogP contribution in [0.1, 0.15) is 12.5 Å². The van der Waals surface area contributed by atoms with Crippen molar-refractivity contribution in [3.05, 3.63) is 25.3 Å². The van der Waals surface area contributed by atoms with Gasteiger partial charge in [0.25, 0.3) is 0 Å². The summed E-state index contributed by atoms with van der Waals surface area (Å²) in [6.45, 7) is -1.07. The topological polar surface area (TPSA) is 229 Å². The van der Waals surface area contributed by atoms with Gasteiger partial charge in [0.15, 0.2) is 59.9 Å². The lowest BCUT2D eigenvalue weighted by molar-refractivity contribution is -0.0533. The Morgan fingerprint density at radius 3 is 1.57 bits per heavy atom. The van der Waals surface area contributed by atoms with Crippen LogP contribution in [0.5, 0.6) is 0 Å². The summed E-state index contributed by atoms with van der Waals surface area (Å²) >= 11 is 0. The normalized spacial score (nSPS) is 34.2. The van der Waals surface area contributed by atoms with Gasteiger partial charge in [-0.1, -0.05) is 0 Å². The highest BCUT2D eigenvalue weighted by Gasteiger charge is 2.57. The van der Waals surface area contributed by atoms with Gasteiger partial charge in [-0.05, 0) is 0 Å². The molecule has 220 valence electrons. The summed E-state index contributed by atoms with van der Waals surface area (Å²) in [6.07, 6.45) is -7.21. The van der Waals surface area contributed by atoms with Crippen LogP contribution in [0.4, 0.5) is 20.4 Å². The fraction of sp³-hybridized carbons (Fsp3) is 0.500. The SMILES string of the molecule is Nc1ncnc2c1ncn2[C@@H]1O[C@@H]2CO[P+](=O)O[C@H]3[C@H](F)[C@H](n4cnc5c(N)ncnc54)O[C@@H]3CO[P+](=O)O[C@H]2[C@@H]1F. The van der Waals surface area contributed by atoms with Crippen molar-refractivity contribution < 1.29 is 45.5 Å². The first-order valence-electron chi connectivity index (χ1n) is 12.3. The highest BCUT2D eigenvalue weighted by molar-refractivity contribution is 7.33. The van der Waals surface area contributed by atoms with E-state index in [1.807, 2.05) is 0 Å². The number of anilines is 2. The first kappa shape index (κ1) is 27.4. The van der Waals surface area contributed by atoms with E-state index < -0.39 is 78.9 Å². The Kier molecular flexibility index (Phi) is 6.94. The minimum atomic E-state index is -2.98. The number of fused-ring (bicyclic) bond motifs is 4. The van der Waals surface area contributed by atoms with Crippen molar-refractivity contribution in [2.24, 2.45) is 0 Å². The van der Waals surface area contributed by atoms with Crippen molar-refractivity contribution in [3.8, 4) is 0 Å². The number of nitrogen functional groups attached to an aromatic ring is 2. The van der Waals surface area contributed by atoms with E-state index in [4.69, 9.17) is 39.0 Å². The van der Waals surface area contributed by atoms with Gasteiger partial charge in [0.1, 0.15) is 49.1 Å². The molecule has 4 N–H and O–H groups in total. The fourth-order valence-corrected chi connectivity index (χ4v) is 6.56. The maximum Gasteiger partial charge on any atom is 0.697 e. The Hall–Kier alpha value is -3.48. The molecule has 4 aromatic rings. The van der Waals surface area contributed by atoms with Crippen molar-refractivity contribution in [3.63, 3.8) is 0 Å². The molecule has 3 saturated heterocycles. The first-order valence-corrected chi connectivity index (χ1v) is 14.5. The summed E-state index contributed by atoms with van der Waals surface area (Å²) in [4.78, 5) is 24.0. The summed E-state index contributed by atoms with van der Waals surface area (Å²) in [5.41, 5.74) is 12.4. The third kappa shape index (κ3) is 4.56. The second-order valence-corrected chi connectivity index (χ2v) is 11.2. The molecule has 7 heterocycles. The molecule has 0 radical (unpaired) electrons. The highest BCUT2D eigenvalue weighted by atomic mass is 31.1. The van der Waals surface area contributed by atoms with Crippen LogP contribution in [-0.2, 0) is 36.7 Å². The summed E-state index contributed by atoms with van der Waals surface area (Å²) in [5, 5.41) is 0. The molecule has 0 saturated carbocycles. The number of nitrogens with two attached hydrogens (primary N) is 2. The van der Waals surface area contributed by atoms with Gasteiger partial charge in [0.2, 0.25) is 0 Å². The molecule has 0 aromatic carbocycles. The maximum absolute atomic E-state index is 15.7. The van der Waals surface area contributed by atoms with Gasteiger partial charge in [-0.15, -0.1) is 18.1 Å². The molecule has 3 aliphatic rings. The number of imidazole rings is 2. The monoisotopic (exact) mass is 628 g/mol. The first-order chi connectivity index (χ1) is 20.3. The molecule has 0 bridgehead atoms. The second-order valence-electron chi connectivity index (χ2n) is 9.36. The van der Waals surface area contributed by atoms with Crippen LogP contribution in [0.15, 0.2) is 25.3 Å². The Balaban J connectivity index is 1.12. The quantitative estimate of drug-likeness (QED) is 0.299. The summed E-state index contributed by atoms with van der Waals surface area (Å²) in [6, 6.07) is 0. The van der Waals surface area contributed by atoms with Crippen LogP contribution in [-0.4, -0.2) is 89.0 Å². The van der Waals surface area contributed by atoms with Crippen LogP contribution in [0, 0.1) is 0 Å². The Morgan fingerprint density at radius 1 is 0.714 bits per heavy atom. The highest BCUT2D eigenvalue weighted by Crippen LogP contribution is 2.45. The zero-order chi connectivity index (χ0) is 29.1. The zero-order valence-electron chi connectivity index (χ0n) is 21.0. The molecule has 0 amide bonds. The number of nitrogens with zero attached hydrogens (tertiary/aromatic N) is 8. The lowest BCUT2D eigenvalue weighted by Crippen LogP contribution is -2.35. The average Bonchev–Trinajstić information content (AvgIpc) is 3.73. The van der Waals surface area contributed by atoms with Gasteiger partial charge in [-0.25, -0.2) is 38.7 Å². The van der Waals surface area contributed by atoms with E-state index in [-0.39, 0.29) is 34.0 Å². The molecule has 7 rings (SSSR count). The maximum atomic E-state index is 15.7. The lowest BCUT2D eigenvalue weighted by atomic mass is 10.1. The van der Waals surface area contributed by atoms with Crippen LogP contribution in [0.3, 0.4) is 0 Å². The number of hydrogen-bond acceptors (Lipinski definition) is 16. The molecule has 0 aliphatic carbocycles. The molecule has 10 atom stereocenters. The van der Waals surface area contributed by atoms with Gasteiger partial charge in [-0.3, -0.25) is 9.13 Å². The molecule has 42 heavy (non-hydrogen) atoms. The molecule has 0 spiro atoms. The molecule has 22 heteroatoms. The van der Waals surface area contributed by atoms with E-state index in [0.717, 1.165) is 0 Å². The number of alkyl halides is 2. The smallest absolute Gasteiger partial charge is 0.382 e. The van der Waals surface area contributed by atoms with Gasteiger partial charge >= 0.3 is 16.5 Å². The standard InChI is InChI=1S/C20H20F2N10O8P2/c21-9-13-7(37-19(9)31-5-29-11-15(23)25-3-27-17(11)31)1-35-41(33)40-14-8(2-36-42(34)39-13)38-20(10(14)22)32-6-30-12-16(24)26-4-28-18(12)32/h3-10,13-14,19-20H,1-2H2,(H2,23,25,27)(H2,24,26,28)/q+2/t7-,8-,9+,10+,13-,14-,19-,20-/m1/s1. The number of hydrogen-bond donors (Lipinski definition) is 2. The summed E-state index contributed by atoms with van der Waals surface area (Å²) < 4.78 is 92.5. The molecule has 4 aromatic heterocycles. The van der Waals surface area contributed by atoms with Crippen LogP contribution in [0.25, 0.3) is 22.3 Å². The van der Waals surface area contributed by atoms with Crippen molar-refractivity contribution in [2.45, 2.75) is 49.2 Å². The Morgan fingerprint density at radius 2 is 1.14 bits per heavy atom. The van der Waals surface area contributed by atoms with E-state index >= 15 is 8.78 Å². The predicted octanol–water partition coefficient (Wildman–Crippen LogP) is 1.43. The van der Waals surface area contributed by atoms with Gasteiger partial charge in [0.05, 0.1) is 12.7 Å². The molecular formula is C20H20F2N10O8P2+2. The van der Waals surface area contributed by atoms with Crippen LogP contribution in [0.2, 0.25) is 0 Å². The van der Waals surface area contributed by atoms with E-state index in [0.29, 0.717) is 0 Å². The third-order valence-corrected chi connectivity index (χ3v) is 8.51. The van der Waals surface area contributed by atoms with Gasteiger partial charge < -0.3 is 20.9 Å². The van der Waals surface area contributed by atoms with Crippen molar-refractivity contribution in [1.29, 1.82) is 0 Å². The third-order valence-electron chi connectivity index (χ3n) is 6.96. The number of ether oxygens (including phenoxy) is 2. The molecule has 3 fully saturated rings. The Labute approximate surface area is 234 Å². The lowest BCUT2D eigenvalue weighted by Gasteiger charge is -2.15. The minimum Gasteiger partial charge on any atom is -0.382 e. The summed E-state index contributed by atoms with van der Waals surface area (Å²) in [5.74, 6) is 0.146. The second kappa shape index (κ2) is 10.7. The van der Waals surface area contributed by atoms with Crippen LogP contribution >= 0.6 is 16.5 Å². The molecule has 3 aliphatic heterocycles. The number of halogens is 2. The zero-order valence-corrected chi connectivity index (χ0v) is 22.8. The predicted molar refractivity (Wildman–Crippen MR) is 134 cm³/mol. The minimum absolute atomic E-state index is 0.0728. The molecule has 2 unspecified atom stereocenters. The average molecular weight is 628 g/mol.